The predicted molar refractivity (Wildman–Crippen MR) is 123 cm³/mol. The number of methoxy groups -OCH3 is 1. The number of esters is 1. The van der Waals surface area contributed by atoms with Crippen LogP contribution in [-0.4, -0.2) is 52.7 Å². The SMILES string of the molecule is COC(=O)CSc1ncc(-c2ccc(F)cc2)c(C2CCCN(C(=O)C=CC(C)C)C2)n1. The van der Waals surface area contributed by atoms with Crippen molar-refractivity contribution in [2.24, 2.45) is 5.92 Å². The van der Waals surface area contributed by atoms with E-state index in [-0.39, 0.29) is 29.4 Å². The summed E-state index contributed by atoms with van der Waals surface area (Å²) in [7, 11) is 1.34. The van der Waals surface area contributed by atoms with Gasteiger partial charge in [-0.25, -0.2) is 14.4 Å². The number of rotatable bonds is 7. The Balaban J connectivity index is 1.90. The molecule has 1 aromatic heterocycles. The van der Waals surface area contributed by atoms with Crippen molar-refractivity contribution in [3.8, 4) is 11.1 Å². The molecule has 1 saturated heterocycles. The number of hydrogen-bond acceptors (Lipinski definition) is 6. The summed E-state index contributed by atoms with van der Waals surface area (Å²) < 4.78 is 18.2. The van der Waals surface area contributed by atoms with Crippen LogP contribution in [-0.2, 0) is 14.3 Å². The number of likely N-dealkylation sites (tertiary alicyclic amines) is 1. The van der Waals surface area contributed by atoms with Crippen LogP contribution >= 0.6 is 11.8 Å². The van der Waals surface area contributed by atoms with E-state index in [2.05, 4.69) is 4.98 Å². The molecule has 6 nitrogen and oxygen atoms in total. The van der Waals surface area contributed by atoms with Crippen molar-refractivity contribution in [3.63, 3.8) is 0 Å². The van der Waals surface area contributed by atoms with Crippen LogP contribution in [0.15, 0.2) is 47.8 Å². The Hall–Kier alpha value is -2.74. The largest absolute Gasteiger partial charge is 0.468 e. The van der Waals surface area contributed by atoms with E-state index in [1.165, 1.54) is 31.0 Å². The molecule has 8 heteroatoms. The molecule has 0 aliphatic carbocycles. The van der Waals surface area contributed by atoms with E-state index in [1.54, 1.807) is 24.4 Å². The average molecular weight is 458 g/mol. The van der Waals surface area contributed by atoms with Gasteiger partial charge < -0.3 is 9.64 Å². The van der Waals surface area contributed by atoms with E-state index in [4.69, 9.17) is 9.72 Å². The van der Waals surface area contributed by atoms with Gasteiger partial charge in [0.2, 0.25) is 5.91 Å². The molecule has 2 aromatic rings. The van der Waals surface area contributed by atoms with Gasteiger partial charge in [0.1, 0.15) is 5.82 Å². The Morgan fingerprint density at radius 1 is 1.31 bits per heavy atom. The lowest BCUT2D eigenvalue weighted by atomic mass is 9.90. The predicted octanol–water partition coefficient (Wildman–Crippen LogP) is 4.47. The molecule has 1 unspecified atom stereocenters. The van der Waals surface area contributed by atoms with Crippen molar-refractivity contribution >= 4 is 23.6 Å². The van der Waals surface area contributed by atoms with Crippen molar-refractivity contribution in [1.82, 2.24) is 14.9 Å². The lowest BCUT2D eigenvalue weighted by molar-refractivity contribution is -0.137. The summed E-state index contributed by atoms with van der Waals surface area (Å²) in [5.41, 5.74) is 2.43. The molecule has 0 bridgehead atoms. The molecular weight excluding hydrogens is 429 g/mol. The third-order valence-electron chi connectivity index (χ3n) is 5.24. The zero-order valence-electron chi connectivity index (χ0n) is 18.6. The summed E-state index contributed by atoms with van der Waals surface area (Å²) in [6, 6.07) is 6.23. The van der Waals surface area contributed by atoms with Gasteiger partial charge in [0.25, 0.3) is 0 Å². The number of ether oxygens (including phenoxy) is 1. The molecule has 2 heterocycles. The monoisotopic (exact) mass is 457 g/mol. The fraction of sp³-hybridized carbons (Fsp3) is 0.417. The first-order valence-corrected chi connectivity index (χ1v) is 11.7. The average Bonchev–Trinajstić information content (AvgIpc) is 2.81. The maximum atomic E-state index is 13.5. The highest BCUT2D eigenvalue weighted by Gasteiger charge is 2.27. The van der Waals surface area contributed by atoms with Gasteiger partial charge in [-0.05, 0) is 42.5 Å². The first kappa shape index (κ1) is 23.9. The second-order valence-corrected chi connectivity index (χ2v) is 8.99. The van der Waals surface area contributed by atoms with Crippen LogP contribution in [0, 0.1) is 11.7 Å². The standard InChI is InChI=1S/C24H28FN3O3S/c1-16(2)6-11-21(29)28-12-4-5-18(14-28)23-20(17-7-9-19(25)10-8-17)13-26-24(27-23)32-15-22(30)31-3/h6-11,13,16,18H,4-5,12,14-15H2,1-3H3. The van der Waals surface area contributed by atoms with Crippen molar-refractivity contribution in [3.05, 3.63) is 54.1 Å². The Morgan fingerprint density at radius 3 is 2.75 bits per heavy atom. The Bertz CT molecular complexity index is 979. The number of thioether (sulfide) groups is 1. The highest BCUT2D eigenvalue weighted by molar-refractivity contribution is 7.99. The highest BCUT2D eigenvalue weighted by atomic mass is 32.2. The highest BCUT2D eigenvalue weighted by Crippen LogP contribution is 2.34. The summed E-state index contributed by atoms with van der Waals surface area (Å²) in [6.45, 7) is 5.32. The topological polar surface area (TPSA) is 72.4 Å². The van der Waals surface area contributed by atoms with Crippen LogP contribution in [0.25, 0.3) is 11.1 Å². The molecule has 170 valence electrons. The smallest absolute Gasteiger partial charge is 0.316 e. The second kappa shape index (κ2) is 11.2. The number of nitrogens with zero attached hydrogens (tertiary/aromatic N) is 3. The van der Waals surface area contributed by atoms with Crippen LogP contribution in [0.3, 0.4) is 0 Å². The molecule has 1 aliphatic rings. The van der Waals surface area contributed by atoms with Crippen LogP contribution < -0.4 is 0 Å². The van der Waals surface area contributed by atoms with Gasteiger partial charge in [0, 0.05) is 30.8 Å². The van der Waals surface area contributed by atoms with Crippen LogP contribution in [0.4, 0.5) is 4.39 Å². The van der Waals surface area contributed by atoms with Gasteiger partial charge in [0.15, 0.2) is 5.16 Å². The maximum absolute atomic E-state index is 13.5. The van der Waals surface area contributed by atoms with Crippen molar-refractivity contribution in [1.29, 1.82) is 0 Å². The van der Waals surface area contributed by atoms with Crippen LogP contribution in [0.2, 0.25) is 0 Å². The lowest BCUT2D eigenvalue weighted by Crippen LogP contribution is -2.38. The number of hydrogen-bond donors (Lipinski definition) is 0. The van der Waals surface area contributed by atoms with Crippen molar-refractivity contribution in [2.75, 3.05) is 26.0 Å². The molecule has 1 atom stereocenters. The van der Waals surface area contributed by atoms with Gasteiger partial charge in [-0.3, -0.25) is 9.59 Å². The Morgan fingerprint density at radius 2 is 2.06 bits per heavy atom. The van der Waals surface area contributed by atoms with Crippen molar-refractivity contribution < 1.29 is 18.7 Å². The van der Waals surface area contributed by atoms with Gasteiger partial charge in [-0.2, -0.15) is 0 Å². The molecule has 1 amide bonds. The van der Waals surface area contributed by atoms with Gasteiger partial charge in [0.05, 0.1) is 18.6 Å². The normalized spacial score (nSPS) is 16.5. The fourth-order valence-corrected chi connectivity index (χ4v) is 4.23. The molecule has 1 fully saturated rings. The van der Waals surface area contributed by atoms with E-state index in [0.29, 0.717) is 24.2 Å². The van der Waals surface area contributed by atoms with Gasteiger partial charge >= 0.3 is 5.97 Å². The van der Waals surface area contributed by atoms with E-state index >= 15 is 0 Å². The number of carbonyl (C=O) groups excluding carboxylic acids is 2. The van der Waals surface area contributed by atoms with E-state index in [9.17, 15) is 14.0 Å². The van der Waals surface area contributed by atoms with E-state index in [0.717, 1.165) is 29.7 Å². The number of carbonyl (C=O) groups is 2. The first-order chi connectivity index (χ1) is 15.4. The molecule has 1 aliphatic heterocycles. The summed E-state index contributed by atoms with van der Waals surface area (Å²) in [5, 5.41) is 0.472. The molecular formula is C24H28FN3O3S. The molecule has 0 N–H and O–H groups in total. The number of amides is 1. The quantitative estimate of drug-likeness (QED) is 0.264. The van der Waals surface area contributed by atoms with E-state index in [1.807, 2.05) is 24.8 Å². The third kappa shape index (κ3) is 6.38. The van der Waals surface area contributed by atoms with Crippen LogP contribution in [0.1, 0.15) is 38.3 Å². The number of allylic oxidation sites excluding steroid dienone is 1. The molecule has 3 rings (SSSR count). The second-order valence-electron chi connectivity index (χ2n) is 8.05. The summed E-state index contributed by atoms with van der Waals surface area (Å²) in [5.74, 6) is -0.231. The zero-order valence-corrected chi connectivity index (χ0v) is 19.4. The molecule has 32 heavy (non-hydrogen) atoms. The number of benzene rings is 1. The van der Waals surface area contributed by atoms with Gasteiger partial charge in [-0.15, -0.1) is 0 Å². The van der Waals surface area contributed by atoms with Crippen molar-refractivity contribution in [2.45, 2.75) is 37.8 Å². The summed E-state index contributed by atoms with van der Waals surface area (Å²) in [4.78, 5) is 35.2. The van der Waals surface area contributed by atoms with Gasteiger partial charge in [-0.1, -0.05) is 43.8 Å². The Labute approximate surface area is 192 Å². The number of piperidine rings is 1. The molecule has 0 spiro atoms. The Kier molecular flexibility index (Phi) is 8.39. The fourth-order valence-electron chi connectivity index (χ4n) is 3.57. The minimum Gasteiger partial charge on any atom is -0.468 e. The number of aromatic nitrogens is 2. The third-order valence-corrected chi connectivity index (χ3v) is 6.08. The van der Waals surface area contributed by atoms with E-state index < -0.39 is 0 Å². The minimum absolute atomic E-state index is 0.000998. The molecule has 0 radical (unpaired) electrons. The number of halogens is 1. The minimum atomic E-state index is -0.353. The maximum Gasteiger partial charge on any atom is 0.316 e. The van der Waals surface area contributed by atoms with Crippen LogP contribution in [0.5, 0.6) is 0 Å². The summed E-state index contributed by atoms with van der Waals surface area (Å²) >= 11 is 1.21. The molecule has 0 saturated carbocycles. The zero-order chi connectivity index (χ0) is 23.1. The lowest BCUT2D eigenvalue weighted by Gasteiger charge is -2.32. The summed E-state index contributed by atoms with van der Waals surface area (Å²) in [6.07, 6.45) is 7.01. The first-order valence-electron chi connectivity index (χ1n) is 10.7. The molecule has 1 aromatic carbocycles.